The van der Waals surface area contributed by atoms with Crippen LogP contribution < -0.4 is 0 Å². The maximum absolute atomic E-state index is 12.2. The van der Waals surface area contributed by atoms with Crippen LogP contribution in [0, 0.1) is 6.92 Å². The van der Waals surface area contributed by atoms with Gasteiger partial charge in [-0.2, -0.15) is 5.10 Å². The molecule has 0 aliphatic carbocycles. The number of nitrogens with zero attached hydrogens (tertiary/aromatic N) is 3. The van der Waals surface area contributed by atoms with Gasteiger partial charge in [0.15, 0.2) is 4.67 Å². The molecule has 2 rings (SSSR count). The molecule has 6 heteroatoms. The summed E-state index contributed by atoms with van der Waals surface area (Å²) in [6.07, 6.45) is 1.59. The molecule has 0 bridgehead atoms. The molecule has 2 aromatic rings. The number of hydrogen-bond acceptors (Lipinski definition) is 3. The van der Waals surface area contributed by atoms with Crippen molar-refractivity contribution in [3.63, 3.8) is 0 Å². The maximum Gasteiger partial charge on any atom is 0.257 e. The summed E-state index contributed by atoms with van der Waals surface area (Å²) in [6, 6.07) is 3.65. The number of amides is 1. The Morgan fingerprint density at radius 2 is 2.28 bits per heavy atom. The van der Waals surface area contributed by atoms with Crippen molar-refractivity contribution in [2.45, 2.75) is 13.5 Å². The molecule has 0 radical (unpaired) electrons. The first kappa shape index (κ1) is 12.9. The second-order valence-electron chi connectivity index (χ2n) is 4.13. The van der Waals surface area contributed by atoms with E-state index >= 15 is 0 Å². The van der Waals surface area contributed by atoms with E-state index < -0.39 is 0 Å². The fourth-order valence-electron chi connectivity index (χ4n) is 1.66. The van der Waals surface area contributed by atoms with E-state index in [4.69, 9.17) is 4.42 Å². The van der Waals surface area contributed by atoms with E-state index in [1.165, 1.54) is 0 Å². The van der Waals surface area contributed by atoms with Crippen LogP contribution in [0.1, 0.15) is 21.8 Å². The van der Waals surface area contributed by atoms with Gasteiger partial charge in [0.1, 0.15) is 5.76 Å². The Bertz CT molecular complexity index is 574. The zero-order valence-corrected chi connectivity index (χ0v) is 12.1. The summed E-state index contributed by atoms with van der Waals surface area (Å²) in [4.78, 5) is 13.8. The average Bonchev–Trinajstić information content (AvgIpc) is 2.87. The van der Waals surface area contributed by atoms with Gasteiger partial charge in [-0.15, -0.1) is 0 Å². The second kappa shape index (κ2) is 4.97. The number of aromatic nitrogens is 2. The predicted molar refractivity (Wildman–Crippen MR) is 70.2 cm³/mol. The van der Waals surface area contributed by atoms with Crippen molar-refractivity contribution in [1.29, 1.82) is 0 Å². The molecule has 0 N–H and O–H groups in total. The van der Waals surface area contributed by atoms with Crippen LogP contribution in [-0.4, -0.2) is 27.6 Å². The Balaban J connectivity index is 2.12. The summed E-state index contributed by atoms with van der Waals surface area (Å²) in [6.45, 7) is 2.30. The molecule has 0 unspecified atom stereocenters. The van der Waals surface area contributed by atoms with E-state index in [1.54, 1.807) is 22.8 Å². The number of aryl methyl sites for hydroxylation is 1. The van der Waals surface area contributed by atoms with Gasteiger partial charge >= 0.3 is 0 Å². The van der Waals surface area contributed by atoms with Crippen LogP contribution in [0.3, 0.4) is 0 Å². The van der Waals surface area contributed by atoms with Crippen LogP contribution in [0.4, 0.5) is 0 Å². The standard InChI is InChI=1S/C12H14BrN3O2/c1-8-10(6-14-16(8)3)12(17)15(2)7-9-4-5-11(13)18-9/h4-6H,7H2,1-3H3. The summed E-state index contributed by atoms with van der Waals surface area (Å²) in [5.41, 5.74) is 1.47. The van der Waals surface area contributed by atoms with Gasteiger partial charge in [-0.25, -0.2) is 0 Å². The highest BCUT2D eigenvalue weighted by Crippen LogP contribution is 2.16. The third-order valence-corrected chi connectivity index (χ3v) is 3.26. The number of halogens is 1. The van der Waals surface area contributed by atoms with Gasteiger partial charge in [-0.1, -0.05) is 0 Å². The molecule has 0 aliphatic rings. The molecule has 0 fully saturated rings. The first-order chi connectivity index (χ1) is 8.49. The summed E-state index contributed by atoms with van der Waals surface area (Å²) in [7, 11) is 3.56. The molecule has 96 valence electrons. The molecule has 0 saturated carbocycles. The second-order valence-corrected chi connectivity index (χ2v) is 4.92. The number of furan rings is 1. The normalized spacial score (nSPS) is 10.7. The monoisotopic (exact) mass is 311 g/mol. The first-order valence-electron chi connectivity index (χ1n) is 5.47. The molecule has 0 spiro atoms. The zero-order valence-electron chi connectivity index (χ0n) is 10.5. The average molecular weight is 312 g/mol. The fourth-order valence-corrected chi connectivity index (χ4v) is 2.00. The van der Waals surface area contributed by atoms with Crippen LogP contribution in [-0.2, 0) is 13.6 Å². The highest BCUT2D eigenvalue weighted by molar-refractivity contribution is 9.10. The molecule has 0 saturated heterocycles. The van der Waals surface area contributed by atoms with Gasteiger partial charge in [-0.3, -0.25) is 9.48 Å². The number of carbonyl (C=O) groups excluding carboxylic acids is 1. The third kappa shape index (κ3) is 2.48. The lowest BCUT2D eigenvalue weighted by Gasteiger charge is -2.15. The van der Waals surface area contributed by atoms with E-state index in [0.29, 0.717) is 16.8 Å². The highest BCUT2D eigenvalue weighted by atomic mass is 79.9. The van der Waals surface area contributed by atoms with Crippen molar-refractivity contribution in [2.75, 3.05) is 7.05 Å². The molecular formula is C12H14BrN3O2. The Morgan fingerprint density at radius 3 is 2.78 bits per heavy atom. The minimum absolute atomic E-state index is 0.0619. The van der Waals surface area contributed by atoms with Gasteiger partial charge in [0.25, 0.3) is 5.91 Å². The van der Waals surface area contributed by atoms with Crippen molar-refractivity contribution < 1.29 is 9.21 Å². The number of rotatable bonds is 3. The van der Waals surface area contributed by atoms with E-state index in [0.717, 1.165) is 11.5 Å². The highest BCUT2D eigenvalue weighted by Gasteiger charge is 2.18. The van der Waals surface area contributed by atoms with Gasteiger partial charge in [0.05, 0.1) is 18.3 Å². The summed E-state index contributed by atoms with van der Waals surface area (Å²) in [5.74, 6) is 0.674. The zero-order chi connectivity index (χ0) is 13.3. The molecule has 0 atom stereocenters. The van der Waals surface area contributed by atoms with Crippen LogP contribution in [0.25, 0.3) is 0 Å². The Hall–Kier alpha value is -1.56. The largest absolute Gasteiger partial charge is 0.452 e. The summed E-state index contributed by atoms with van der Waals surface area (Å²) < 4.78 is 7.73. The molecule has 0 aliphatic heterocycles. The van der Waals surface area contributed by atoms with Crippen LogP contribution in [0.2, 0.25) is 0 Å². The summed E-state index contributed by atoms with van der Waals surface area (Å²) >= 11 is 3.24. The lowest BCUT2D eigenvalue weighted by molar-refractivity contribution is 0.0774. The van der Waals surface area contributed by atoms with E-state index in [9.17, 15) is 4.79 Å². The lowest BCUT2D eigenvalue weighted by atomic mass is 10.2. The van der Waals surface area contributed by atoms with E-state index in [2.05, 4.69) is 21.0 Å². The molecule has 18 heavy (non-hydrogen) atoms. The van der Waals surface area contributed by atoms with Crippen LogP contribution in [0.5, 0.6) is 0 Å². The molecule has 0 aromatic carbocycles. The van der Waals surface area contributed by atoms with Gasteiger partial charge in [0, 0.05) is 19.8 Å². The van der Waals surface area contributed by atoms with Crippen molar-refractivity contribution in [2.24, 2.45) is 7.05 Å². The van der Waals surface area contributed by atoms with Gasteiger partial charge < -0.3 is 9.32 Å². The van der Waals surface area contributed by atoms with E-state index in [-0.39, 0.29) is 5.91 Å². The number of hydrogen-bond donors (Lipinski definition) is 0. The number of carbonyl (C=O) groups is 1. The minimum atomic E-state index is -0.0619. The van der Waals surface area contributed by atoms with Crippen molar-refractivity contribution in [1.82, 2.24) is 14.7 Å². The van der Waals surface area contributed by atoms with Crippen molar-refractivity contribution >= 4 is 21.8 Å². The maximum atomic E-state index is 12.2. The van der Waals surface area contributed by atoms with Gasteiger partial charge in [0.2, 0.25) is 0 Å². The molecule has 5 nitrogen and oxygen atoms in total. The Labute approximate surface area is 114 Å². The Kier molecular flexibility index (Phi) is 3.56. The van der Waals surface area contributed by atoms with Crippen LogP contribution >= 0.6 is 15.9 Å². The molecule has 1 amide bonds. The smallest absolute Gasteiger partial charge is 0.257 e. The summed E-state index contributed by atoms with van der Waals surface area (Å²) in [5, 5.41) is 4.07. The lowest BCUT2D eigenvalue weighted by Crippen LogP contribution is -2.26. The van der Waals surface area contributed by atoms with Gasteiger partial charge in [-0.05, 0) is 35.0 Å². The van der Waals surface area contributed by atoms with E-state index in [1.807, 2.05) is 26.1 Å². The molecule has 2 aromatic heterocycles. The van der Waals surface area contributed by atoms with Crippen molar-refractivity contribution in [3.8, 4) is 0 Å². The van der Waals surface area contributed by atoms with Crippen molar-refractivity contribution in [3.05, 3.63) is 40.0 Å². The quantitative estimate of drug-likeness (QED) is 0.874. The molecule has 2 heterocycles. The topological polar surface area (TPSA) is 51.3 Å². The third-order valence-electron chi connectivity index (χ3n) is 2.83. The minimum Gasteiger partial charge on any atom is -0.452 e. The predicted octanol–water partition coefficient (Wildman–Crippen LogP) is 2.36. The van der Waals surface area contributed by atoms with Crippen LogP contribution in [0.15, 0.2) is 27.4 Å². The fraction of sp³-hybridized carbons (Fsp3) is 0.333. The Morgan fingerprint density at radius 1 is 1.56 bits per heavy atom. The molecular weight excluding hydrogens is 298 g/mol. The first-order valence-corrected chi connectivity index (χ1v) is 6.26. The SMILES string of the molecule is Cc1c(C(=O)N(C)Cc2ccc(Br)o2)cnn1C.